The molecule has 0 saturated heterocycles. The quantitative estimate of drug-likeness (QED) is 0.102. The SMILES string of the molecule is CC1(C)c2ccccc2-c2ccc(-c3ccc(N(c4ccc(-c5ccc(-c6ccc7c(c6)c6ccccc6n7-c6ccccc6)cc5)cc4)c4ccc(-c5ccc6c(c5)C(C)(C)c5ccccc5-6)cc4)cc3)cc21.CC1(C)c2ccccc2-c2ccc(-c3ccc(N(c4ccc(-c5ccc(-c6ccc7oc8ccccc8c7c6)cc5)cc4)c4ccc(-c5ccc6c(c5)C(C)(C)c5ccccc5-6)cc4)cc3)cc21. The zero-order valence-electron chi connectivity index (χ0n) is 80.9. The molecule has 23 aromatic rings. The zero-order chi connectivity index (χ0) is 95.4. The lowest BCUT2D eigenvalue weighted by molar-refractivity contribution is 0.660. The summed E-state index contributed by atoms with van der Waals surface area (Å²) in [5.74, 6) is 0. The second-order valence-corrected chi connectivity index (χ2v) is 41.1. The highest BCUT2D eigenvalue weighted by Crippen LogP contribution is 2.56. The van der Waals surface area contributed by atoms with Gasteiger partial charge in [0, 0.05) is 83.0 Å². The maximum Gasteiger partial charge on any atom is 0.135 e. The van der Waals surface area contributed by atoms with Gasteiger partial charge in [0.25, 0.3) is 0 Å². The summed E-state index contributed by atoms with van der Waals surface area (Å²) in [5, 5.41) is 4.80. The highest BCUT2D eigenvalue weighted by atomic mass is 16.3. The third kappa shape index (κ3) is 14.2. The van der Waals surface area contributed by atoms with Gasteiger partial charge in [-0.2, -0.15) is 0 Å². The number of hydrogen-bond acceptors (Lipinski definition) is 3. The molecule has 4 nitrogen and oxygen atoms in total. The van der Waals surface area contributed by atoms with Gasteiger partial charge in [-0.3, -0.25) is 0 Å². The van der Waals surface area contributed by atoms with Crippen molar-refractivity contribution in [3.63, 3.8) is 0 Å². The van der Waals surface area contributed by atoms with Gasteiger partial charge >= 0.3 is 0 Å². The van der Waals surface area contributed by atoms with Crippen LogP contribution in [0, 0.1) is 0 Å². The molecule has 0 fully saturated rings. The minimum atomic E-state index is -0.0541. The van der Waals surface area contributed by atoms with E-state index >= 15 is 0 Å². The van der Waals surface area contributed by atoms with Crippen molar-refractivity contribution in [2.75, 3.05) is 9.80 Å². The second-order valence-electron chi connectivity index (χ2n) is 41.1. The number of furan rings is 1. The number of benzene rings is 21. The molecule has 21 aromatic carbocycles. The first-order chi connectivity index (χ1) is 69.4. The number of nitrogens with zero attached hydrogens (tertiary/aromatic N) is 3. The van der Waals surface area contributed by atoms with Crippen LogP contribution in [0.5, 0.6) is 0 Å². The monoisotopic (exact) mass is 1820 g/mol. The van der Waals surface area contributed by atoms with Crippen LogP contribution in [0.4, 0.5) is 34.1 Å². The highest BCUT2D eigenvalue weighted by molar-refractivity contribution is 6.11. The fraction of sp³-hybridized carbons (Fsp3) is 0.0870. The van der Waals surface area contributed by atoms with E-state index in [1.54, 1.807) is 0 Å². The molecule has 0 amide bonds. The first kappa shape index (κ1) is 85.3. The van der Waals surface area contributed by atoms with E-state index in [1.165, 1.54) is 206 Å². The molecule has 2 heterocycles. The Bertz CT molecular complexity index is 8640. The van der Waals surface area contributed by atoms with Gasteiger partial charge in [-0.15, -0.1) is 0 Å². The largest absolute Gasteiger partial charge is 0.456 e. The van der Waals surface area contributed by atoms with E-state index in [4.69, 9.17) is 4.42 Å². The Labute approximate surface area is 830 Å². The summed E-state index contributed by atoms with van der Waals surface area (Å²) in [6.07, 6.45) is 0. The van der Waals surface area contributed by atoms with Crippen molar-refractivity contribution in [3.05, 3.63) is 524 Å². The summed E-state index contributed by atoms with van der Waals surface area (Å²) in [5.41, 5.74) is 53.0. The minimum Gasteiger partial charge on any atom is -0.456 e. The van der Waals surface area contributed by atoms with Crippen molar-refractivity contribution in [1.82, 2.24) is 4.57 Å². The number of anilines is 6. The molecule has 0 unspecified atom stereocenters. The number of para-hydroxylation sites is 3. The Balaban J connectivity index is 0.000000146. The summed E-state index contributed by atoms with van der Waals surface area (Å²) in [6.45, 7) is 18.8. The molecule has 0 radical (unpaired) electrons. The molecule has 2 aromatic heterocycles. The van der Waals surface area contributed by atoms with Crippen LogP contribution in [-0.4, -0.2) is 4.57 Å². The minimum absolute atomic E-state index is 0.0503. The number of aromatic nitrogens is 1. The molecule has 4 aliphatic carbocycles. The molecule has 142 heavy (non-hydrogen) atoms. The van der Waals surface area contributed by atoms with E-state index in [1.807, 2.05) is 12.1 Å². The number of hydrogen-bond donors (Lipinski definition) is 0. The van der Waals surface area contributed by atoms with Crippen LogP contribution in [0.15, 0.2) is 484 Å². The second kappa shape index (κ2) is 33.3. The Kier molecular flexibility index (Phi) is 20.0. The predicted octanol–water partition coefficient (Wildman–Crippen LogP) is 37.9. The first-order valence-corrected chi connectivity index (χ1v) is 49.8. The molecule has 0 aliphatic heterocycles. The summed E-state index contributed by atoms with van der Waals surface area (Å²) in [6, 6.07) is 177. The molecule has 0 spiro atoms. The first-order valence-electron chi connectivity index (χ1n) is 49.8. The van der Waals surface area contributed by atoms with Gasteiger partial charge in [-0.1, -0.05) is 389 Å². The van der Waals surface area contributed by atoms with Gasteiger partial charge in [0.2, 0.25) is 0 Å². The Morgan fingerprint density at radius 2 is 0.387 bits per heavy atom. The average Bonchev–Trinajstić information content (AvgIpc) is 1.60. The maximum absolute atomic E-state index is 6.10. The molecular weight excluding hydrogens is 1720 g/mol. The van der Waals surface area contributed by atoms with E-state index < -0.39 is 0 Å². The smallest absolute Gasteiger partial charge is 0.135 e. The molecule has 4 aliphatic rings. The van der Waals surface area contributed by atoms with Crippen molar-refractivity contribution >= 4 is 77.9 Å². The third-order valence-corrected chi connectivity index (χ3v) is 31.6. The highest BCUT2D eigenvalue weighted by Gasteiger charge is 2.40. The van der Waals surface area contributed by atoms with Crippen LogP contribution in [0.1, 0.15) is 99.9 Å². The van der Waals surface area contributed by atoms with Gasteiger partial charge in [0.1, 0.15) is 11.2 Å². The van der Waals surface area contributed by atoms with Crippen LogP contribution in [0.3, 0.4) is 0 Å². The lowest BCUT2D eigenvalue weighted by Gasteiger charge is -2.26. The van der Waals surface area contributed by atoms with Crippen LogP contribution in [0.2, 0.25) is 0 Å². The Hall–Kier alpha value is -17.2. The molecule has 676 valence electrons. The number of rotatable bonds is 15. The fourth-order valence-corrected chi connectivity index (χ4v) is 23.9. The van der Waals surface area contributed by atoms with E-state index in [0.29, 0.717) is 0 Å². The van der Waals surface area contributed by atoms with Crippen molar-refractivity contribution in [2.24, 2.45) is 0 Å². The van der Waals surface area contributed by atoms with Crippen LogP contribution >= 0.6 is 0 Å². The van der Waals surface area contributed by atoms with Gasteiger partial charge in [0.05, 0.1) is 11.0 Å². The van der Waals surface area contributed by atoms with E-state index in [2.05, 4.69) is 537 Å². The van der Waals surface area contributed by atoms with E-state index in [9.17, 15) is 0 Å². The van der Waals surface area contributed by atoms with Crippen molar-refractivity contribution in [3.8, 4) is 139 Å². The normalized spacial score (nSPS) is 13.7. The van der Waals surface area contributed by atoms with Gasteiger partial charge in [-0.25, -0.2) is 0 Å². The molecule has 0 atom stereocenters. The molecule has 27 rings (SSSR count). The van der Waals surface area contributed by atoms with Gasteiger partial charge in [-0.05, 0) is 324 Å². The fourth-order valence-electron chi connectivity index (χ4n) is 23.9. The molecule has 4 heteroatoms. The van der Waals surface area contributed by atoms with Gasteiger partial charge in [0.15, 0.2) is 0 Å². The van der Waals surface area contributed by atoms with Crippen molar-refractivity contribution < 1.29 is 4.42 Å². The van der Waals surface area contributed by atoms with Gasteiger partial charge < -0.3 is 18.8 Å². The lowest BCUT2D eigenvalue weighted by atomic mass is 9.81. The van der Waals surface area contributed by atoms with Crippen molar-refractivity contribution in [1.29, 1.82) is 0 Å². The Morgan fingerprint density at radius 3 is 0.725 bits per heavy atom. The standard InChI is InChI=1S/C72H54N2.C66H49NO/c1-71(2)65-19-11-8-16-59(65)61-41-32-53(45-67(61)71)50-28-37-57(38-29-50)73(58-39-30-51(31-40-58)54-33-42-62-60-17-9-12-20-66(60)72(3,4)68(62)46-54)56-35-26-48(27-36-56)47-22-24-49(25-23-47)52-34-43-70-64(44-52)63-18-10-13-21-69(63)74(70)55-14-6-5-7-15-55;1-65(2)59-14-8-5-11-53(59)55-36-27-48(40-61(55)65)45-23-32-51(33-24-45)67(52-34-25-46(26-35-52)49-28-37-56-54-12-6-9-15-60(54)66(3,4)62(56)41-49)50-30-21-43(22-31-50)42-17-19-44(20-18-42)47-29-38-64-58(39-47)57-13-7-10-16-63(57)68-64/h5-46H,1-4H3;5-41H,1-4H3. The number of fused-ring (bicyclic) bond motifs is 18. The third-order valence-electron chi connectivity index (χ3n) is 31.6. The molecule has 0 N–H and O–H groups in total. The van der Waals surface area contributed by atoms with Crippen molar-refractivity contribution in [2.45, 2.75) is 77.0 Å². The Morgan fingerprint density at radius 1 is 0.162 bits per heavy atom. The molecule has 0 saturated carbocycles. The maximum atomic E-state index is 6.10. The summed E-state index contributed by atoms with van der Waals surface area (Å²) in [7, 11) is 0. The average molecular weight is 1820 g/mol. The zero-order valence-corrected chi connectivity index (χ0v) is 80.9. The molecular formula is C138H103N3O. The summed E-state index contributed by atoms with van der Waals surface area (Å²) in [4.78, 5) is 4.76. The van der Waals surface area contributed by atoms with Crippen LogP contribution in [-0.2, 0) is 21.7 Å². The predicted molar refractivity (Wildman–Crippen MR) is 598 cm³/mol. The van der Waals surface area contributed by atoms with E-state index in [0.717, 1.165) is 56.1 Å². The molecule has 0 bridgehead atoms. The van der Waals surface area contributed by atoms with Crippen LogP contribution in [0.25, 0.3) is 183 Å². The van der Waals surface area contributed by atoms with Crippen LogP contribution < -0.4 is 9.80 Å². The topological polar surface area (TPSA) is 24.6 Å². The summed E-state index contributed by atoms with van der Waals surface area (Å²) >= 11 is 0. The lowest BCUT2D eigenvalue weighted by Crippen LogP contribution is -2.14. The van der Waals surface area contributed by atoms with E-state index in [-0.39, 0.29) is 21.7 Å². The summed E-state index contributed by atoms with van der Waals surface area (Å²) < 4.78 is 8.48.